The third kappa shape index (κ3) is 5.14. The number of sulfonamides is 1. The number of anilines is 1. The van der Waals surface area contributed by atoms with Crippen LogP contribution in [0.3, 0.4) is 0 Å². The van der Waals surface area contributed by atoms with Gasteiger partial charge in [0.05, 0.1) is 17.1 Å². The lowest BCUT2D eigenvalue weighted by molar-refractivity contribution is -0.687. The largest absolute Gasteiger partial charge is 0.336 e. The predicted molar refractivity (Wildman–Crippen MR) is 128 cm³/mol. The molecule has 0 saturated carbocycles. The van der Waals surface area contributed by atoms with Gasteiger partial charge in [0.25, 0.3) is 10.0 Å². The van der Waals surface area contributed by atoms with Crippen LogP contribution >= 0.6 is 22.6 Å². The Morgan fingerprint density at radius 3 is 2.41 bits per heavy atom. The number of hydrogen-bond donors (Lipinski definition) is 1. The molecular formula is C23H32IN2O2S+. The van der Waals surface area contributed by atoms with Gasteiger partial charge in [-0.15, -0.1) is 0 Å². The van der Waals surface area contributed by atoms with Crippen LogP contribution in [0.5, 0.6) is 0 Å². The molecule has 1 atom stereocenters. The maximum Gasteiger partial charge on any atom is 0.264 e. The molecule has 1 aliphatic rings. The van der Waals surface area contributed by atoms with Crippen LogP contribution in [0.1, 0.15) is 69.0 Å². The topological polar surface area (TPSA) is 54.0 Å². The molecule has 158 valence electrons. The predicted octanol–water partition coefficient (Wildman–Crippen LogP) is 4.83. The minimum Gasteiger partial charge on any atom is -0.336 e. The van der Waals surface area contributed by atoms with Crippen LogP contribution in [-0.4, -0.2) is 22.0 Å². The molecule has 0 amide bonds. The molecule has 0 radical (unpaired) electrons. The molecule has 2 aromatic rings. The highest BCUT2D eigenvalue weighted by atomic mass is 127. The van der Waals surface area contributed by atoms with E-state index in [0.29, 0.717) is 4.90 Å². The first kappa shape index (κ1) is 22.6. The average Bonchev–Trinajstić information content (AvgIpc) is 2.78. The van der Waals surface area contributed by atoms with Gasteiger partial charge in [-0.2, -0.15) is 0 Å². The summed E-state index contributed by atoms with van der Waals surface area (Å²) in [6.07, 6.45) is 8.98. The molecule has 4 nitrogen and oxygen atoms in total. The van der Waals surface area contributed by atoms with Crippen molar-refractivity contribution in [3.63, 3.8) is 0 Å². The second kappa shape index (κ2) is 10.3. The third-order valence-corrected chi connectivity index (χ3v) is 8.27. The fraction of sp³-hybridized carbons (Fsp3) is 0.478. The van der Waals surface area contributed by atoms with Gasteiger partial charge in [-0.1, -0.05) is 63.3 Å². The van der Waals surface area contributed by atoms with Crippen molar-refractivity contribution in [2.75, 3.05) is 17.9 Å². The number of halogens is 1. The van der Waals surface area contributed by atoms with E-state index in [1.807, 2.05) is 36.4 Å². The highest BCUT2D eigenvalue weighted by molar-refractivity contribution is 14.1. The summed E-state index contributed by atoms with van der Waals surface area (Å²) in [5.74, 6) is 0. The van der Waals surface area contributed by atoms with E-state index >= 15 is 0 Å². The van der Waals surface area contributed by atoms with Gasteiger partial charge >= 0.3 is 0 Å². The average molecular weight is 527 g/mol. The number of rotatable bonds is 9. The number of hydrogen-bond acceptors (Lipinski definition) is 2. The van der Waals surface area contributed by atoms with Gasteiger partial charge in [-0.05, 0) is 53.6 Å². The fourth-order valence-electron chi connectivity index (χ4n) is 4.11. The molecular weight excluding hydrogens is 495 g/mol. The molecule has 1 aliphatic heterocycles. The Labute approximate surface area is 189 Å². The van der Waals surface area contributed by atoms with E-state index < -0.39 is 10.0 Å². The van der Waals surface area contributed by atoms with E-state index in [-0.39, 0.29) is 6.04 Å². The van der Waals surface area contributed by atoms with Crippen molar-refractivity contribution in [3.05, 3.63) is 57.2 Å². The lowest BCUT2D eigenvalue weighted by atomic mass is 9.96. The zero-order valence-electron chi connectivity index (χ0n) is 17.4. The van der Waals surface area contributed by atoms with Crippen molar-refractivity contribution in [1.82, 2.24) is 0 Å². The van der Waals surface area contributed by atoms with Gasteiger partial charge in [0, 0.05) is 21.7 Å². The molecule has 0 aliphatic carbocycles. The van der Waals surface area contributed by atoms with E-state index in [9.17, 15) is 8.42 Å². The maximum absolute atomic E-state index is 13.3. The van der Waals surface area contributed by atoms with Gasteiger partial charge in [0.15, 0.2) is 0 Å². The van der Waals surface area contributed by atoms with Gasteiger partial charge in [0.2, 0.25) is 0 Å². The second-order valence-corrected chi connectivity index (χ2v) is 11.0. The SMILES string of the molecule is CCCCCCCCC[NH2+]C1c2ccccc2N(C)S(=O)(=O)c2cc(I)ccc21. The summed E-state index contributed by atoms with van der Waals surface area (Å²) in [4.78, 5) is 0.434. The van der Waals surface area contributed by atoms with E-state index in [2.05, 4.69) is 40.9 Å². The summed E-state index contributed by atoms with van der Waals surface area (Å²) in [5.41, 5.74) is 2.74. The Hall–Kier alpha value is -1.12. The minimum atomic E-state index is -3.57. The zero-order chi connectivity index (χ0) is 20.9. The highest BCUT2D eigenvalue weighted by Gasteiger charge is 2.36. The number of quaternary nitrogens is 1. The van der Waals surface area contributed by atoms with Crippen molar-refractivity contribution in [3.8, 4) is 0 Å². The summed E-state index contributed by atoms with van der Waals surface area (Å²) >= 11 is 2.19. The van der Waals surface area contributed by atoms with Crippen LogP contribution < -0.4 is 9.62 Å². The molecule has 1 unspecified atom stereocenters. The summed E-state index contributed by atoms with van der Waals surface area (Å²) in [6.45, 7) is 3.25. The van der Waals surface area contributed by atoms with Gasteiger partial charge in [-0.25, -0.2) is 8.42 Å². The molecule has 0 bridgehead atoms. The van der Waals surface area contributed by atoms with E-state index in [4.69, 9.17) is 0 Å². The number of benzene rings is 2. The van der Waals surface area contributed by atoms with E-state index in [1.54, 1.807) is 7.05 Å². The molecule has 2 aromatic carbocycles. The van der Waals surface area contributed by atoms with E-state index in [1.165, 1.54) is 42.8 Å². The summed E-state index contributed by atoms with van der Waals surface area (Å²) in [5, 5.41) is 2.32. The van der Waals surface area contributed by atoms with Crippen molar-refractivity contribution >= 4 is 38.3 Å². The first-order valence-electron chi connectivity index (χ1n) is 10.7. The second-order valence-electron chi connectivity index (χ2n) is 7.84. The smallest absolute Gasteiger partial charge is 0.264 e. The van der Waals surface area contributed by atoms with Crippen LogP contribution in [0.25, 0.3) is 0 Å². The molecule has 0 spiro atoms. The quantitative estimate of drug-likeness (QED) is 0.375. The molecule has 6 heteroatoms. The number of nitrogens with zero attached hydrogens (tertiary/aromatic N) is 1. The molecule has 1 heterocycles. The molecule has 3 rings (SSSR count). The highest BCUT2D eigenvalue weighted by Crippen LogP contribution is 2.38. The van der Waals surface area contributed by atoms with Crippen molar-refractivity contribution in [2.45, 2.75) is 62.8 Å². The van der Waals surface area contributed by atoms with Crippen molar-refractivity contribution < 1.29 is 13.7 Å². The third-order valence-electron chi connectivity index (χ3n) is 5.77. The van der Waals surface area contributed by atoms with Gasteiger partial charge < -0.3 is 5.32 Å². The van der Waals surface area contributed by atoms with E-state index in [0.717, 1.165) is 33.4 Å². The lowest BCUT2D eigenvalue weighted by Crippen LogP contribution is -2.85. The monoisotopic (exact) mass is 527 g/mol. The summed E-state index contributed by atoms with van der Waals surface area (Å²) in [7, 11) is -1.90. The minimum absolute atomic E-state index is 0.00184. The first-order chi connectivity index (χ1) is 14.0. The number of unbranched alkanes of at least 4 members (excludes halogenated alkanes) is 6. The zero-order valence-corrected chi connectivity index (χ0v) is 20.4. The molecule has 0 aromatic heterocycles. The van der Waals surface area contributed by atoms with Crippen LogP contribution in [0.15, 0.2) is 47.4 Å². The molecule has 0 saturated heterocycles. The normalized spacial score (nSPS) is 17.5. The maximum atomic E-state index is 13.3. The van der Waals surface area contributed by atoms with Crippen molar-refractivity contribution in [1.29, 1.82) is 0 Å². The Kier molecular flexibility index (Phi) is 7.99. The molecule has 2 N–H and O–H groups in total. The number of fused-ring (bicyclic) bond motifs is 2. The van der Waals surface area contributed by atoms with Gasteiger partial charge in [-0.3, -0.25) is 4.31 Å². The Balaban J connectivity index is 1.82. The number of nitrogens with two attached hydrogens (primary N) is 1. The Morgan fingerprint density at radius 1 is 0.966 bits per heavy atom. The number of para-hydroxylation sites is 1. The Morgan fingerprint density at radius 2 is 1.66 bits per heavy atom. The standard InChI is InChI=1S/C23H31IN2O2S/c1-3-4-5-6-7-8-11-16-25-23-19-12-9-10-13-21(19)26(2)29(27,28)22-17-18(24)14-15-20(22)23/h9-10,12-15,17,23,25H,3-8,11,16H2,1-2H3/p+1. The summed E-state index contributed by atoms with van der Waals surface area (Å²) < 4.78 is 29.0. The van der Waals surface area contributed by atoms with Crippen LogP contribution in [0, 0.1) is 3.57 Å². The van der Waals surface area contributed by atoms with Crippen LogP contribution in [0.4, 0.5) is 5.69 Å². The van der Waals surface area contributed by atoms with Crippen LogP contribution in [0.2, 0.25) is 0 Å². The summed E-state index contributed by atoms with van der Waals surface area (Å²) in [6, 6.07) is 13.7. The van der Waals surface area contributed by atoms with Crippen LogP contribution in [-0.2, 0) is 10.0 Å². The Bertz CT molecular complexity index is 930. The van der Waals surface area contributed by atoms with Crippen molar-refractivity contribution in [2.24, 2.45) is 0 Å². The fourth-order valence-corrected chi connectivity index (χ4v) is 6.30. The van der Waals surface area contributed by atoms with Gasteiger partial charge in [0.1, 0.15) is 6.04 Å². The molecule has 0 fully saturated rings. The first-order valence-corrected chi connectivity index (χ1v) is 13.2. The molecule has 29 heavy (non-hydrogen) atoms. The lowest BCUT2D eigenvalue weighted by Gasteiger charge is -2.20.